The van der Waals surface area contributed by atoms with Gasteiger partial charge >= 0.3 is 0 Å². The summed E-state index contributed by atoms with van der Waals surface area (Å²) >= 11 is 3.53. The van der Waals surface area contributed by atoms with Gasteiger partial charge in [-0.1, -0.05) is 64.5 Å². The Kier molecular flexibility index (Phi) is 7.23. The first kappa shape index (κ1) is 23.3. The molecule has 1 amide bonds. The van der Waals surface area contributed by atoms with Crippen molar-refractivity contribution in [2.75, 3.05) is 13.1 Å². The Labute approximate surface area is 214 Å². The van der Waals surface area contributed by atoms with E-state index in [0.29, 0.717) is 12.5 Å². The summed E-state index contributed by atoms with van der Waals surface area (Å²) in [5.74, 6) is 2.48. The summed E-state index contributed by atoms with van der Waals surface area (Å²) in [6, 6.07) is 18.3. The Morgan fingerprint density at radius 1 is 0.914 bits per heavy atom. The first-order valence-electron chi connectivity index (χ1n) is 11.9. The van der Waals surface area contributed by atoms with Gasteiger partial charge in [-0.2, -0.15) is 0 Å². The number of likely N-dealkylation sites (tertiary alicyclic amines) is 1. The lowest BCUT2D eigenvalue weighted by Crippen LogP contribution is -2.37. The highest BCUT2D eigenvalue weighted by molar-refractivity contribution is 9.10. The number of benzene rings is 2. The third-order valence-electron chi connectivity index (χ3n) is 6.54. The topological polar surface area (TPSA) is 56.0 Å². The van der Waals surface area contributed by atoms with Crippen molar-refractivity contribution in [3.05, 3.63) is 113 Å². The molecule has 0 atom stereocenters. The van der Waals surface area contributed by atoms with Gasteiger partial charge in [0.2, 0.25) is 5.91 Å². The second kappa shape index (κ2) is 10.9. The fourth-order valence-corrected chi connectivity index (χ4v) is 5.03. The Hall–Kier alpha value is -3.45. The number of nitrogens with zero attached hydrogens (tertiary/aromatic N) is 5. The average molecular weight is 530 g/mol. The highest BCUT2D eigenvalue weighted by atomic mass is 79.9. The second-order valence-corrected chi connectivity index (χ2v) is 9.68. The predicted octanol–water partition coefficient (Wildman–Crippen LogP) is 5.36. The molecular weight excluding hydrogens is 502 g/mol. The number of piperidine rings is 1. The normalized spacial score (nSPS) is 14.6. The van der Waals surface area contributed by atoms with E-state index in [2.05, 4.69) is 54.3 Å². The van der Waals surface area contributed by atoms with Gasteiger partial charge in [-0.25, -0.2) is 9.97 Å². The number of halogens is 1. The van der Waals surface area contributed by atoms with Gasteiger partial charge in [0.25, 0.3) is 0 Å². The van der Waals surface area contributed by atoms with E-state index in [-0.39, 0.29) is 5.91 Å². The molecule has 6 nitrogen and oxygen atoms in total. The number of rotatable bonds is 7. The minimum Gasteiger partial charge on any atom is -0.339 e. The maximum absolute atomic E-state index is 12.7. The molecule has 7 heteroatoms. The molecule has 0 aliphatic carbocycles. The molecule has 2 aromatic heterocycles. The number of imidazole rings is 2. The van der Waals surface area contributed by atoms with Gasteiger partial charge in [0, 0.05) is 60.9 Å². The van der Waals surface area contributed by atoms with Crippen LogP contribution in [0.15, 0.2) is 89.9 Å². The molecule has 35 heavy (non-hydrogen) atoms. The van der Waals surface area contributed by atoms with Crippen LogP contribution >= 0.6 is 15.9 Å². The summed E-state index contributed by atoms with van der Waals surface area (Å²) < 4.78 is 5.38. The maximum atomic E-state index is 12.7. The van der Waals surface area contributed by atoms with E-state index < -0.39 is 0 Å². The van der Waals surface area contributed by atoms with Gasteiger partial charge in [0.05, 0.1) is 6.54 Å². The monoisotopic (exact) mass is 529 g/mol. The van der Waals surface area contributed by atoms with Crippen LogP contribution in [-0.4, -0.2) is 43.0 Å². The Balaban J connectivity index is 1.20. The molecule has 5 rings (SSSR count). The third-order valence-corrected chi connectivity index (χ3v) is 7.26. The highest BCUT2D eigenvalue weighted by Crippen LogP contribution is 2.28. The number of amides is 1. The molecule has 0 unspecified atom stereocenters. The van der Waals surface area contributed by atoms with Crippen LogP contribution in [-0.2, 0) is 17.9 Å². The van der Waals surface area contributed by atoms with E-state index >= 15 is 0 Å². The minimum absolute atomic E-state index is 0.0606. The Morgan fingerprint density at radius 3 is 2.43 bits per heavy atom. The molecule has 0 saturated carbocycles. The number of hydrogen-bond donors (Lipinski definition) is 0. The summed E-state index contributed by atoms with van der Waals surface area (Å²) in [5, 5.41) is 0. The number of carbonyl (C=O) groups is 1. The van der Waals surface area contributed by atoms with E-state index in [4.69, 9.17) is 4.98 Å². The summed E-state index contributed by atoms with van der Waals surface area (Å²) in [4.78, 5) is 24.0. The first-order chi connectivity index (χ1) is 17.2. The molecule has 178 valence electrons. The van der Waals surface area contributed by atoms with Gasteiger partial charge in [0.15, 0.2) is 0 Å². The van der Waals surface area contributed by atoms with E-state index in [1.165, 1.54) is 5.56 Å². The molecule has 2 aromatic carbocycles. The molecule has 4 aromatic rings. The van der Waals surface area contributed by atoms with Crippen LogP contribution in [0.25, 0.3) is 6.08 Å². The fourth-order valence-electron chi connectivity index (χ4n) is 4.62. The molecule has 1 saturated heterocycles. The van der Waals surface area contributed by atoms with Crippen LogP contribution in [0.3, 0.4) is 0 Å². The van der Waals surface area contributed by atoms with E-state index in [9.17, 15) is 4.79 Å². The molecular formula is C28H28BrN5O. The smallest absolute Gasteiger partial charge is 0.246 e. The minimum atomic E-state index is 0.0606. The largest absolute Gasteiger partial charge is 0.339 e. The zero-order valence-corrected chi connectivity index (χ0v) is 21.1. The van der Waals surface area contributed by atoms with Crippen LogP contribution in [0.5, 0.6) is 0 Å². The second-order valence-electron chi connectivity index (χ2n) is 8.82. The quantitative estimate of drug-likeness (QED) is 0.303. The Morgan fingerprint density at radius 2 is 1.63 bits per heavy atom. The van der Waals surface area contributed by atoms with Crippen molar-refractivity contribution in [1.82, 2.24) is 24.0 Å². The molecule has 0 N–H and O–H groups in total. The van der Waals surface area contributed by atoms with Crippen molar-refractivity contribution < 1.29 is 4.79 Å². The molecule has 0 spiro atoms. The lowest BCUT2D eigenvalue weighted by atomic mass is 9.95. The molecule has 0 radical (unpaired) electrons. The van der Waals surface area contributed by atoms with Crippen LogP contribution in [0.1, 0.15) is 41.5 Å². The number of carbonyl (C=O) groups excluding carboxylic acids is 1. The van der Waals surface area contributed by atoms with Crippen molar-refractivity contribution in [3.63, 3.8) is 0 Å². The van der Waals surface area contributed by atoms with E-state index in [1.807, 2.05) is 66.1 Å². The lowest BCUT2D eigenvalue weighted by molar-refractivity contribution is -0.127. The van der Waals surface area contributed by atoms with Gasteiger partial charge in [-0.15, -0.1) is 0 Å². The zero-order chi connectivity index (χ0) is 24.0. The van der Waals surface area contributed by atoms with Crippen LogP contribution in [0, 0.1) is 0 Å². The predicted molar refractivity (Wildman–Crippen MR) is 141 cm³/mol. The van der Waals surface area contributed by atoms with Crippen molar-refractivity contribution in [2.24, 2.45) is 0 Å². The maximum Gasteiger partial charge on any atom is 0.246 e. The van der Waals surface area contributed by atoms with Crippen molar-refractivity contribution >= 4 is 27.9 Å². The van der Waals surface area contributed by atoms with Crippen LogP contribution < -0.4 is 0 Å². The summed E-state index contributed by atoms with van der Waals surface area (Å²) in [7, 11) is 0. The number of aromatic nitrogens is 4. The molecule has 1 fully saturated rings. The highest BCUT2D eigenvalue weighted by Gasteiger charge is 2.26. The van der Waals surface area contributed by atoms with Crippen LogP contribution in [0.2, 0.25) is 0 Å². The molecule has 1 aliphatic heterocycles. The van der Waals surface area contributed by atoms with Crippen molar-refractivity contribution in [1.29, 1.82) is 0 Å². The summed E-state index contributed by atoms with van der Waals surface area (Å²) in [6.07, 6.45) is 13.2. The van der Waals surface area contributed by atoms with Gasteiger partial charge in [-0.05, 0) is 36.1 Å². The zero-order valence-electron chi connectivity index (χ0n) is 19.5. The summed E-state index contributed by atoms with van der Waals surface area (Å²) in [6.45, 7) is 2.95. The molecule has 3 heterocycles. The average Bonchev–Trinajstić information content (AvgIpc) is 3.54. The van der Waals surface area contributed by atoms with Gasteiger partial charge in [0.1, 0.15) is 11.6 Å². The van der Waals surface area contributed by atoms with Crippen molar-refractivity contribution in [2.45, 2.75) is 31.8 Å². The van der Waals surface area contributed by atoms with Gasteiger partial charge in [-0.3, -0.25) is 4.79 Å². The number of hydrogen-bond acceptors (Lipinski definition) is 3. The van der Waals surface area contributed by atoms with Crippen molar-refractivity contribution in [3.8, 4) is 0 Å². The summed E-state index contributed by atoms with van der Waals surface area (Å²) in [5.41, 5.74) is 2.26. The van der Waals surface area contributed by atoms with Crippen LogP contribution in [0.4, 0.5) is 0 Å². The Bertz CT molecular complexity index is 1300. The standard InChI is InChI=1S/C28H28BrN5O/c29-25-9-5-4-8-23(25)10-11-27(35)32-16-12-24(13-17-32)28-31-15-19-34(28)21-26-30-14-18-33(26)20-22-6-2-1-3-7-22/h1-11,14-15,18-19,24H,12-13,16-17,20-21H2. The third kappa shape index (κ3) is 5.62. The first-order valence-corrected chi connectivity index (χ1v) is 12.7. The lowest BCUT2D eigenvalue weighted by Gasteiger charge is -2.31. The SMILES string of the molecule is O=C(C=Cc1ccccc1Br)N1CCC(c2nccn2Cc2nccn2Cc2ccccc2)CC1. The fraction of sp³-hybridized carbons (Fsp3) is 0.250. The van der Waals surface area contributed by atoms with E-state index in [1.54, 1.807) is 6.08 Å². The molecule has 0 bridgehead atoms. The van der Waals surface area contributed by atoms with Gasteiger partial charge < -0.3 is 14.0 Å². The molecule has 1 aliphatic rings. The van der Waals surface area contributed by atoms with E-state index in [0.717, 1.165) is 54.2 Å².